The Morgan fingerprint density at radius 1 is 1.33 bits per heavy atom. The molecule has 1 atom stereocenters. The van der Waals surface area contributed by atoms with Crippen molar-refractivity contribution < 1.29 is 14.4 Å². The molecule has 1 unspecified atom stereocenters. The lowest BCUT2D eigenvalue weighted by atomic mass is 10.2. The fourth-order valence-electron chi connectivity index (χ4n) is 1.81. The van der Waals surface area contributed by atoms with Crippen LogP contribution in [0.4, 0.5) is 11.4 Å². The maximum atomic E-state index is 11.9. The van der Waals surface area contributed by atoms with Crippen molar-refractivity contribution in [2.24, 2.45) is 0 Å². The van der Waals surface area contributed by atoms with Crippen molar-refractivity contribution in [1.29, 1.82) is 5.41 Å². The number of hydrogen-bond donors (Lipinski definition) is 4. The molecule has 3 amide bonds. The Labute approximate surface area is 125 Å². The van der Waals surface area contributed by atoms with Gasteiger partial charge in [-0.3, -0.25) is 19.8 Å². The number of amides is 3. The standard InChI is InChI=1S/C13H14N4O3S/c1-7(18)15-8-3-2-4-9(5-8)16-11(19)6-10-12(20)17-13(14)21-10/h2-5,10H,6H2,1H3,(H,15,18)(H,16,19)(H2,14,17,20). The van der Waals surface area contributed by atoms with Crippen LogP contribution < -0.4 is 16.0 Å². The predicted octanol–water partition coefficient (Wildman–Crippen LogP) is 1.14. The highest BCUT2D eigenvalue weighted by atomic mass is 32.2. The molecule has 110 valence electrons. The number of carbonyl (C=O) groups is 3. The van der Waals surface area contributed by atoms with E-state index in [1.165, 1.54) is 6.92 Å². The predicted molar refractivity (Wildman–Crippen MR) is 81.2 cm³/mol. The number of hydrogen-bond acceptors (Lipinski definition) is 5. The van der Waals surface area contributed by atoms with Crippen molar-refractivity contribution in [3.63, 3.8) is 0 Å². The topological polar surface area (TPSA) is 111 Å². The molecule has 7 nitrogen and oxygen atoms in total. The fraction of sp³-hybridized carbons (Fsp3) is 0.231. The Morgan fingerprint density at radius 3 is 2.57 bits per heavy atom. The SMILES string of the molecule is CC(=O)Nc1cccc(NC(=O)CC2SC(=N)NC2=O)c1. The number of thioether (sulfide) groups is 1. The average Bonchev–Trinajstić information content (AvgIpc) is 2.67. The number of benzene rings is 1. The molecule has 0 aliphatic carbocycles. The minimum Gasteiger partial charge on any atom is -0.326 e. The second kappa shape index (κ2) is 6.40. The van der Waals surface area contributed by atoms with Crippen LogP contribution in [0.25, 0.3) is 0 Å². The molecule has 1 aromatic rings. The van der Waals surface area contributed by atoms with E-state index < -0.39 is 5.25 Å². The highest BCUT2D eigenvalue weighted by molar-refractivity contribution is 8.15. The smallest absolute Gasteiger partial charge is 0.240 e. The molecule has 21 heavy (non-hydrogen) atoms. The van der Waals surface area contributed by atoms with E-state index in [-0.39, 0.29) is 29.3 Å². The second-order valence-corrected chi connectivity index (χ2v) is 5.65. The average molecular weight is 306 g/mol. The van der Waals surface area contributed by atoms with E-state index in [9.17, 15) is 14.4 Å². The van der Waals surface area contributed by atoms with Gasteiger partial charge in [-0.1, -0.05) is 17.8 Å². The monoisotopic (exact) mass is 306 g/mol. The zero-order valence-electron chi connectivity index (χ0n) is 11.2. The highest BCUT2D eigenvalue weighted by Gasteiger charge is 2.31. The van der Waals surface area contributed by atoms with Crippen LogP contribution >= 0.6 is 11.8 Å². The molecule has 8 heteroatoms. The lowest BCUT2D eigenvalue weighted by molar-refractivity contribution is -0.122. The van der Waals surface area contributed by atoms with Gasteiger partial charge in [-0.15, -0.1) is 0 Å². The molecular weight excluding hydrogens is 292 g/mol. The first kappa shape index (κ1) is 15.0. The number of anilines is 2. The zero-order valence-corrected chi connectivity index (χ0v) is 12.0. The summed E-state index contributed by atoms with van der Waals surface area (Å²) in [5.74, 6) is -0.847. The first-order valence-electron chi connectivity index (χ1n) is 6.17. The molecule has 2 rings (SSSR count). The number of amidine groups is 1. The van der Waals surface area contributed by atoms with Crippen LogP contribution in [0.3, 0.4) is 0 Å². The quantitative estimate of drug-likeness (QED) is 0.668. The van der Waals surface area contributed by atoms with Crippen LogP contribution in [-0.4, -0.2) is 28.1 Å². The molecule has 0 saturated carbocycles. The molecule has 0 spiro atoms. The van der Waals surface area contributed by atoms with E-state index in [0.717, 1.165) is 11.8 Å². The van der Waals surface area contributed by atoms with Gasteiger partial charge in [0.2, 0.25) is 17.7 Å². The Kier molecular flexibility index (Phi) is 4.59. The van der Waals surface area contributed by atoms with Crippen LogP contribution in [0.1, 0.15) is 13.3 Å². The van der Waals surface area contributed by atoms with Gasteiger partial charge < -0.3 is 16.0 Å². The van der Waals surface area contributed by atoms with Crippen molar-refractivity contribution in [3.05, 3.63) is 24.3 Å². The third-order valence-electron chi connectivity index (χ3n) is 2.63. The molecule has 1 aromatic carbocycles. The van der Waals surface area contributed by atoms with E-state index in [0.29, 0.717) is 11.4 Å². The maximum absolute atomic E-state index is 11.9. The number of rotatable bonds is 4. The fourth-order valence-corrected chi connectivity index (χ4v) is 2.66. The van der Waals surface area contributed by atoms with Crippen molar-refractivity contribution in [3.8, 4) is 0 Å². The second-order valence-electron chi connectivity index (χ2n) is 4.44. The largest absolute Gasteiger partial charge is 0.326 e. The molecular formula is C13H14N4O3S. The van der Waals surface area contributed by atoms with Gasteiger partial charge in [0, 0.05) is 24.7 Å². The lowest BCUT2D eigenvalue weighted by Gasteiger charge is -2.09. The number of carbonyl (C=O) groups excluding carboxylic acids is 3. The summed E-state index contributed by atoms with van der Waals surface area (Å²) in [4.78, 5) is 34.3. The molecule has 1 aliphatic rings. The third kappa shape index (κ3) is 4.32. The van der Waals surface area contributed by atoms with Gasteiger partial charge in [-0.05, 0) is 18.2 Å². The molecule has 0 aromatic heterocycles. The minimum atomic E-state index is -0.573. The Bertz CT molecular complexity index is 617. The first-order chi connectivity index (χ1) is 9.94. The summed E-state index contributed by atoms with van der Waals surface area (Å²) in [6.45, 7) is 1.40. The van der Waals surface area contributed by atoms with Gasteiger partial charge >= 0.3 is 0 Å². The van der Waals surface area contributed by atoms with Gasteiger partial charge in [-0.2, -0.15) is 0 Å². The lowest BCUT2D eigenvalue weighted by Crippen LogP contribution is -2.27. The van der Waals surface area contributed by atoms with Crippen LogP contribution in [0.2, 0.25) is 0 Å². The van der Waals surface area contributed by atoms with Crippen molar-refractivity contribution >= 4 is 46.0 Å². The maximum Gasteiger partial charge on any atom is 0.240 e. The van der Waals surface area contributed by atoms with Crippen LogP contribution in [0.15, 0.2) is 24.3 Å². The molecule has 1 aliphatic heterocycles. The zero-order chi connectivity index (χ0) is 15.4. The van der Waals surface area contributed by atoms with Gasteiger partial charge in [-0.25, -0.2) is 0 Å². The summed E-state index contributed by atoms with van der Waals surface area (Å²) < 4.78 is 0. The van der Waals surface area contributed by atoms with Crippen molar-refractivity contribution in [1.82, 2.24) is 5.32 Å². The van der Waals surface area contributed by atoms with Crippen molar-refractivity contribution in [2.75, 3.05) is 10.6 Å². The van der Waals surface area contributed by atoms with Crippen LogP contribution in [0, 0.1) is 5.41 Å². The molecule has 1 heterocycles. The summed E-state index contributed by atoms with van der Waals surface area (Å²) in [5.41, 5.74) is 1.11. The molecule has 1 saturated heterocycles. The van der Waals surface area contributed by atoms with Gasteiger partial charge in [0.15, 0.2) is 5.17 Å². The summed E-state index contributed by atoms with van der Waals surface area (Å²) in [6.07, 6.45) is -0.0107. The molecule has 1 fully saturated rings. The number of nitrogens with one attached hydrogen (secondary N) is 4. The van der Waals surface area contributed by atoms with Crippen LogP contribution in [0.5, 0.6) is 0 Å². The van der Waals surface area contributed by atoms with E-state index in [1.54, 1.807) is 24.3 Å². The van der Waals surface area contributed by atoms with E-state index in [2.05, 4.69) is 16.0 Å². The molecule has 0 radical (unpaired) electrons. The minimum absolute atomic E-state index is 0.0107. The van der Waals surface area contributed by atoms with Gasteiger partial charge in [0.05, 0.1) is 0 Å². The summed E-state index contributed by atoms with van der Waals surface area (Å²) >= 11 is 1.03. The van der Waals surface area contributed by atoms with E-state index in [1.807, 2.05) is 0 Å². The summed E-state index contributed by atoms with van der Waals surface area (Å²) in [7, 11) is 0. The van der Waals surface area contributed by atoms with Crippen molar-refractivity contribution in [2.45, 2.75) is 18.6 Å². The molecule has 4 N–H and O–H groups in total. The summed E-state index contributed by atoms with van der Waals surface area (Å²) in [6, 6.07) is 6.72. The first-order valence-corrected chi connectivity index (χ1v) is 7.05. The van der Waals surface area contributed by atoms with E-state index in [4.69, 9.17) is 5.41 Å². The van der Waals surface area contributed by atoms with Gasteiger partial charge in [0.1, 0.15) is 5.25 Å². The highest BCUT2D eigenvalue weighted by Crippen LogP contribution is 2.22. The molecule has 0 bridgehead atoms. The Morgan fingerprint density at radius 2 is 2.00 bits per heavy atom. The Hall–Kier alpha value is -2.35. The normalized spacial score (nSPS) is 17.3. The Balaban J connectivity index is 1.95. The van der Waals surface area contributed by atoms with E-state index >= 15 is 0 Å². The van der Waals surface area contributed by atoms with Gasteiger partial charge in [0.25, 0.3) is 0 Å². The summed E-state index contributed by atoms with van der Waals surface area (Å²) in [5, 5.41) is 14.4. The van der Waals surface area contributed by atoms with Crippen LogP contribution in [-0.2, 0) is 14.4 Å². The third-order valence-corrected chi connectivity index (χ3v) is 3.63.